The summed E-state index contributed by atoms with van der Waals surface area (Å²) in [7, 11) is 0. The zero-order valence-corrected chi connectivity index (χ0v) is 22.4. The molecule has 14 heteroatoms. The maximum absolute atomic E-state index is 13.3. The number of hydrogen-bond donors (Lipinski definition) is 8. The fraction of sp³-hybridized carbons (Fsp3) is 0.600. The molecule has 13 N–H and O–H groups in total. The van der Waals surface area contributed by atoms with Crippen LogP contribution in [0.1, 0.15) is 56.9 Å². The molecule has 14 nitrogen and oxygen atoms in total. The summed E-state index contributed by atoms with van der Waals surface area (Å²) in [6.07, 6.45) is 6.97. The average molecular weight is 549 g/mol. The van der Waals surface area contributed by atoms with E-state index in [9.17, 15) is 19.2 Å². The van der Waals surface area contributed by atoms with Crippen LogP contribution in [0, 0.1) is 0 Å². The second-order valence-electron chi connectivity index (χ2n) is 9.19. The van der Waals surface area contributed by atoms with Crippen LogP contribution in [-0.4, -0.2) is 72.3 Å². The minimum absolute atomic E-state index is 0.0732. The Morgan fingerprint density at radius 2 is 1.26 bits per heavy atom. The molecule has 0 saturated heterocycles. The van der Waals surface area contributed by atoms with Gasteiger partial charge in [-0.25, -0.2) is 0 Å². The van der Waals surface area contributed by atoms with E-state index in [0.29, 0.717) is 51.6 Å². The number of guanidine groups is 1. The molecule has 1 aromatic rings. The Morgan fingerprint density at radius 3 is 1.77 bits per heavy atom. The van der Waals surface area contributed by atoms with Crippen LogP contribution in [0.5, 0.6) is 0 Å². The van der Waals surface area contributed by atoms with Gasteiger partial charge in [0.25, 0.3) is 0 Å². The summed E-state index contributed by atoms with van der Waals surface area (Å²) in [6.45, 7) is 1.13. The van der Waals surface area contributed by atoms with Gasteiger partial charge in [-0.15, -0.1) is 0 Å². The Kier molecular flexibility index (Phi) is 16.5. The van der Waals surface area contributed by atoms with Crippen LogP contribution >= 0.6 is 0 Å². The van der Waals surface area contributed by atoms with Gasteiger partial charge in [0, 0.05) is 18.9 Å². The molecule has 1 rings (SSSR count). The normalized spacial score (nSPS) is 13.0. The van der Waals surface area contributed by atoms with Gasteiger partial charge in [-0.3, -0.25) is 29.2 Å². The molecule has 3 atom stereocenters. The van der Waals surface area contributed by atoms with Crippen LogP contribution in [-0.2, 0) is 25.6 Å². The minimum Gasteiger partial charge on any atom is -0.370 e. The van der Waals surface area contributed by atoms with Crippen molar-refractivity contribution < 1.29 is 19.2 Å². The fourth-order valence-electron chi connectivity index (χ4n) is 3.79. The standard InChI is InChI=1S/C25H44N10O4/c26-11-3-1-6-19(33-21(36)16-17-9-14-31-15-10-17)23(38)35-20(7-2-4-12-27)24(39)34-18(22(28)37)8-5-13-32-25(29)30/h9-10,14-15,18-20H,1-8,11-13,16,26-27H2,(H2,28,37)(H,33,36)(H,34,39)(H,35,38)(H4,29,30,32)/t18-,19-,20-/m0/s1. The van der Waals surface area contributed by atoms with Crippen LogP contribution in [0.25, 0.3) is 0 Å². The molecule has 0 radical (unpaired) electrons. The number of nitrogens with two attached hydrogens (primary N) is 5. The first-order chi connectivity index (χ1) is 18.7. The van der Waals surface area contributed by atoms with E-state index < -0.39 is 35.8 Å². The Labute approximate surface area is 229 Å². The quantitative estimate of drug-likeness (QED) is 0.0502. The molecular formula is C25H44N10O4. The highest BCUT2D eigenvalue weighted by molar-refractivity contribution is 5.94. The second-order valence-corrected chi connectivity index (χ2v) is 9.19. The lowest BCUT2D eigenvalue weighted by molar-refractivity contribution is -0.133. The number of aromatic nitrogens is 1. The van der Waals surface area contributed by atoms with Crippen molar-refractivity contribution in [1.82, 2.24) is 20.9 Å². The van der Waals surface area contributed by atoms with Crippen LogP contribution in [0.2, 0.25) is 0 Å². The van der Waals surface area contributed by atoms with Crippen LogP contribution in [0.4, 0.5) is 0 Å². The van der Waals surface area contributed by atoms with E-state index in [4.69, 9.17) is 28.7 Å². The van der Waals surface area contributed by atoms with Gasteiger partial charge in [0.2, 0.25) is 23.6 Å². The predicted molar refractivity (Wildman–Crippen MR) is 149 cm³/mol. The molecule has 1 heterocycles. The van der Waals surface area contributed by atoms with Gasteiger partial charge in [0.15, 0.2) is 5.96 Å². The summed E-state index contributed by atoms with van der Waals surface area (Å²) in [4.78, 5) is 58.8. The molecule has 0 spiro atoms. The number of amides is 4. The molecule has 4 amide bonds. The summed E-state index contributed by atoms with van der Waals surface area (Å²) in [6, 6.07) is 0.627. The van der Waals surface area contributed by atoms with Crippen LogP contribution < -0.4 is 44.6 Å². The number of nitrogens with one attached hydrogen (secondary N) is 3. The molecular weight excluding hydrogens is 504 g/mol. The van der Waals surface area contributed by atoms with Crippen molar-refractivity contribution in [1.29, 1.82) is 0 Å². The number of aliphatic imine (C=N–C) groups is 1. The van der Waals surface area contributed by atoms with Crippen molar-refractivity contribution in [3.8, 4) is 0 Å². The van der Waals surface area contributed by atoms with Gasteiger partial charge in [-0.2, -0.15) is 0 Å². The lowest BCUT2D eigenvalue weighted by Gasteiger charge is -2.25. The van der Waals surface area contributed by atoms with Gasteiger partial charge >= 0.3 is 0 Å². The van der Waals surface area contributed by atoms with Crippen molar-refractivity contribution >= 4 is 29.6 Å². The Balaban J connectivity index is 2.93. The number of nitrogens with zero attached hydrogens (tertiary/aromatic N) is 2. The molecule has 0 bridgehead atoms. The van der Waals surface area contributed by atoms with Crippen molar-refractivity contribution in [3.05, 3.63) is 30.1 Å². The molecule has 0 saturated carbocycles. The molecule has 0 aliphatic carbocycles. The van der Waals surface area contributed by atoms with Crippen molar-refractivity contribution in [3.63, 3.8) is 0 Å². The van der Waals surface area contributed by atoms with Crippen molar-refractivity contribution in [2.75, 3.05) is 19.6 Å². The number of carbonyl (C=O) groups excluding carboxylic acids is 4. The van der Waals surface area contributed by atoms with Crippen molar-refractivity contribution in [2.24, 2.45) is 33.7 Å². The van der Waals surface area contributed by atoms with Gasteiger partial charge < -0.3 is 44.6 Å². The topological polar surface area (TPSA) is 260 Å². The SMILES string of the molecule is NCCCC[C@H](NC(=O)Cc1ccncc1)C(=O)N[C@@H](CCCCN)C(=O)N[C@@H](CCCN=C(N)N)C(N)=O. The van der Waals surface area contributed by atoms with E-state index in [-0.39, 0.29) is 37.7 Å². The third-order valence-electron chi connectivity index (χ3n) is 5.90. The monoisotopic (exact) mass is 548 g/mol. The molecule has 0 aliphatic rings. The summed E-state index contributed by atoms with van der Waals surface area (Å²) in [5, 5.41) is 8.13. The predicted octanol–water partition coefficient (Wildman–Crippen LogP) is -2.12. The highest BCUT2D eigenvalue weighted by Gasteiger charge is 2.28. The number of pyridine rings is 1. The fourth-order valence-corrected chi connectivity index (χ4v) is 3.79. The van der Waals surface area contributed by atoms with Gasteiger partial charge in [-0.1, -0.05) is 0 Å². The first kappa shape index (κ1) is 33.2. The molecule has 0 fully saturated rings. The van der Waals surface area contributed by atoms with Gasteiger partial charge in [0.05, 0.1) is 6.42 Å². The number of primary amides is 1. The highest BCUT2D eigenvalue weighted by Crippen LogP contribution is 2.08. The third-order valence-corrected chi connectivity index (χ3v) is 5.90. The minimum atomic E-state index is -0.971. The lowest BCUT2D eigenvalue weighted by Crippen LogP contribution is -2.56. The van der Waals surface area contributed by atoms with E-state index in [1.54, 1.807) is 24.5 Å². The number of carbonyl (C=O) groups is 4. The summed E-state index contributed by atoms with van der Waals surface area (Å²) in [5.74, 6) is -2.21. The Hall–Kier alpha value is -3.78. The van der Waals surface area contributed by atoms with Gasteiger partial charge in [0.1, 0.15) is 18.1 Å². The molecule has 39 heavy (non-hydrogen) atoms. The first-order valence-electron chi connectivity index (χ1n) is 13.2. The largest absolute Gasteiger partial charge is 0.370 e. The van der Waals surface area contributed by atoms with Gasteiger partial charge in [-0.05, 0) is 82.2 Å². The van der Waals surface area contributed by atoms with Crippen LogP contribution in [0.3, 0.4) is 0 Å². The second kappa shape index (κ2) is 19.3. The van der Waals surface area contributed by atoms with E-state index in [1.807, 2.05) is 0 Å². The maximum atomic E-state index is 13.3. The molecule has 0 aromatic carbocycles. The van der Waals surface area contributed by atoms with E-state index in [0.717, 1.165) is 5.56 Å². The lowest BCUT2D eigenvalue weighted by atomic mass is 10.0. The Morgan fingerprint density at radius 1 is 0.744 bits per heavy atom. The zero-order chi connectivity index (χ0) is 29.0. The summed E-state index contributed by atoms with van der Waals surface area (Å²) in [5.41, 5.74) is 28.0. The van der Waals surface area contributed by atoms with E-state index in [1.165, 1.54) is 0 Å². The molecule has 218 valence electrons. The van der Waals surface area contributed by atoms with E-state index in [2.05, 4.69) is 25.9 Å². The first-order valence-corrected chi connectivity index (χ1v) is 13.2. The number of rotatable bonds is 20. The molecule has 1 aromatic heterocycles. The van der Waals surface area contributed by atoms with E-state index >= 15 is 0 Å². The smallest absolute Gasteiger partial charge is 0.243 e. The summed E-state index contributed by atoms with van der Waals surface area (Å²) >= 11 is 0. The summed E-state index contributed by atoms with van der Waals surface area (Å²) < 4.78 is 0. The highest BCUT2D eigenvalue weighted by atomic mass is 16.2. The molecule has 0 unspecified atom stereocenters. The maximum Gasteiger partial charge on any atom is 0.243 e. The number of hydrogen-bond acceptors (Lipinski definition) is 8. The average Bonchev–Trinajstić information content (AvgIpc) is 2.89. The zero-order valence-electron chi connectivity index (χ0n) is 22.4. The Bertz CT molecular complexity index is 925. The van der Waals surface area contributed by atoms with Crippen molar-refractivity contribution in [2.45, 2.75) is 75.9 Å². The molecule has 0 aliphatic heterocycles. The number of unbranched alkanes of at least 4 members (excludes halogenated alkanes) is 2. The third kappa shape index (κ3) is 14.7. The van der Waals surface area contributed by atoms with Crippen LogP contribution in [0.15, 0.2) is 29.5 Å².